The van der Waals surface area contributed by atoms with E-state index in [-0.39, 0.29) is 11.7 Å². The third-order valence-corrected chi connectivity index (χ3v) is 5.37. The standard InChI is InChI=1S/C23H21FN4O/c1-15-11-16(2)21-20(12-15)22(18(13-25)14-26-21)27-7-9-28(10-8-27)23(29)17-3-5-19(24)6-4-17/h3-6,11-12,14H,7-10H2,1-2H3. The lowest BCUT2D eigenvalue weighted by atomic mass is 10.0. The van der Waals surface area contributed by atoms with E-state index >= 15 is 0 Å². The van der Waals surface area contributed by atoms with Gasteiger partial charge >= 0.3 is 0 Å². The van der Waals surface area contributed by atoms with Crippen LogP contribution in [-0.2, 0) is 0 Å². The van der Waals surface area contributed by atoms with E-state index in [1.807, 2.05) is 13.8 Å². The molecule has 0 unspecified atom stereocenters. The summed E-state index contributed by atoms with van der Waals surface area (Å²) < 4.78 is 13.1. The van der Waals surface area contributed by atoms with E-state index in [1.165, 1.54) is 24.3 Å². The molecule has 1 amide bonds. The lowest BCUT2D eigenvalue weighted by Gasteiger charge is -2.37. The summed E-state index contributed by atoms with van der Waals surface area (Å²) in [6.07, 6.45) is 1.63. The third kappa shape index (κ3) is 3.52. The highest BCUT2D eigenvalue weighted by atomic mass is 19.1. The number of hydrogen-bond acceptors (Lipinski definition) is 4. The Morgan fingerprint density at radius 3 is 2.45 bits per heavy atom. The van der Waals surface area contributed by atoms with Gasteiger partial charge in [-0.1, -0.05) is 11.6 Å². The molecule has 1 aliphatic heterocycles. The first-order chi connectivity index (χ1) is 14.0. The Bertz CT molecular complexity index is 1130. The largest absolute Gasteiger partial charge is 0.366 e. The number of aromatic nitrogens is 1. The van der Waals surface area contributed by atoms with Crippen LogP contribution >= 0.6 is 0 Å². The van der Waals surface area contributed by atoms with Crippen molar-refractivity contribution < 1.29 is 9.18 Å². The summed E-state index contributed by atoms with van der Waals surface area (Å²) in [5.74, 6) is -0.456. The van der Waals surface area contributed by atoms with Crippen LogP contribution < -0.4 is 4.90 Å². The number of carbonyl (C=O) groups excluding carboxylic acids is 1. The van der Waals surface area contributed by atoms with Gasteiger partial charge in [0.15, 0.2) is 0 Å². The molecule has 2 aromatic carbocycles. The van der Waals surface area contributed by atoms with Crippen LogP contribution in [0.25, 0.3) is 10.9 Å². The van der Waals surface area contributed by atoms with E-state index < -0.39 is 0 Å². The minimum atomic E-state index is -0.356. The Labute approximate surface area is 169 Å². The first kappa shape index (κ1) is 18.9. The molecular weight excluding hydrogens is 367 g/mol. The van der Waals surface area contributed by atoms with Gasteiger partial charge in [0.25, 0.3) is 5.91 Å². The second-order valence-electron chi connectivity index (χ2n) is 7.40. The van der Waals surface area contributed by atoms with Gasteiger partial charge in [0.2, 0.25) is 0 Å². The fourth-order valence-electron chi connectivity index (χ4n) is 3.98. The monoisotopic (exact) mass is 388 g/mol. The summed E-state index contributed by atoms with van der Waals surface area (Å²) >= 11 is 0. The minimum Gasteiger partial charge on any atom is -0.366 e. The average molecular weight is 388 g/mol. The van der Waals surface area contributed by atoms with E-state index in [9.17, 15) is 14.4 Å². The molecular formula is C23H21FN4O. The van der Waals surface area contributed by atoms with E-state index in [1.54, 1.807) is 11.1 Å². The van der Waals surface area contributed by atoms with Gasteiger partial charge in [-0.25, -0.2) is 4.39 Å². The maximum atomic E-state index is 13.1. The van der Waals surface area contributed by atoms with Gasteiger partial charge in [-0.2, -0.15) is 5.26 Å². The summed E-state index contributed by atoms with van der Waals surface area (Å²) in [5.41, 5.74) is 5.01. The quantitative estimate of drug-likeness (QED) is 0.670. The maximum Gasteiger partial charge on any atom is 0.253 e. The normalized spacial score (nSPS) is 14.1. The highest BCUT2D eigenvalue weighted by Gasteiger charge is 2.25. The molecule has 0 saturated carbocycles. The number of anilines is 1. The zero-order valence-corrected chi connectivity index (χ0v) is 16.4. The number of aryl methyl sites for hydroxylation is 2. The van der Waals surface area contributed by atoms with Crippen molar-refractivity contribution in [2.24, 2.45) is 0 Å². The van der Waals surface area contributed by atoms with Crippen molar-refractivity contribution in [1.29, 1.82) is 5.26 Å². The number of nitriles is 1. The second-order valence-corrected chi connectivity index (χ2v) is 7.40. The fourth-order valence-corrected chi connectivity index (χ4v) is 3.98. The lowest BCUT2D eigenvalue weighted by molar-refractivity contribution is 0.0747. The van der Waals surface area contributed by atoms with E-state index in [0.29, 0.717) is 37.3 Å². The predicted molar refractivity (Wildman–Crippen MR) is 110 cm³/mol. The molecule has 1 saturated heterocycles. The summed E-state index contributed by atoms with van der Waals surface area (Å²) in [4.78, 5) is 21.1. The summed E-state index contributed by atoms with van der Waals surface area (Å²) in [5, 5.41) is 10.6. The van der Waals surface area contributed by atoms with Crippen LogP contribution in [0.5, 0.6) is 0 Å². The zero-order chi connectivity index (χ0) is 20.5. The maximum absolute atomic E-state index is 13.1. The van der Waals surface area contributed by atoms with Crippen molar-refractivity contribution >= 4 is 22.5 Å². The number of nitrogens with zero attached hydrogens (tertiary/aromatic N) is 4. The molecule has 5 nitrogen and oxygen atoms in total. The smallest absolute Gasteiger partial charge is 0.253 e. The summed E-state index contributed by atoms with van der Waals surface area (Å²) in [6, 6.07) is 12.1. The SMILES string of the molecule is Cc1cc(C)c2ncc(C#N)c(N3CCN(C(=O)c4ccc(F)cc4)CC3)c2c1. The number of fused-ring (bicyclic) bond motifs is 1. The number of piperazine rings is 1. The number of rotatable bonds is 2. The molecule has 1 aliphatic rings. The molecule has 3 aromatic rings. The van der Waals surface area contributed by atoms with Crippen LogP contribution in [0.4, 0.5) is 10.1 Å². The topological polar surface area (TPSA) is 60.2 Å². The average Bonchev–Trinajstić information content (AvgIpc) is 2.73. The molecule has 0 radical (unpaired) electrons. The molecule has 0 N–H and O–H groups in total. The molecule has 0 spiro atoms. The van der Waals surface area contributed by atoms with E-state index in [2.05, 4.69) is 28.1 Å². The van der Waals surface area contributed by atoms with E-state index in [0.717, 1.165) is 27.7 Å². The molecule has 1 fully saturated rings. The molecule has 0 bridgehead atoms. The lowest BCUT2D eigenvalue weighted by Crippen LogP contribution is -2.49. The van der Waals surface area contributed by atoms with Crippen LogP contribution in [-0.4, -0.2) is 42.0 Å². The minimum absolute atomic E-state index is 0.101. The third-order valence-electron chi connectivity index (χ3n) is 5.37. The Balaban J connectivity index is 1.62. The van der Waals surface area contributed by atoms with Gasteiger partial charge in [0, 0.05) is 43.3 Å². The number of pyridine rings is 1. The second kappa shape index (κ2) is 7.51. The van der Waals surface area contributed by atoms with E-state index in [4.69, 9.17) is 0 Å². The Hall–Kier alpha value is -3.46. The Morgan fingerprint density at radius 1 is 1.10 bits per heavy atom. The molecule has 2 heterocycles. The molecule has 4 rings (SSSR count). The first-order valence-corrected chi connectivity index (χ1v) is 9.58. The van der Waals surface area contributed by atoms with Crippen molar-refractivity contribution in [1.82, 2.24) is 9.88 Å². The predicted octanol–water partition coefficient (Wildman–Crippen LogP) is 3.82. The van der Waals surface area contributed by atoms with Crippen molar-refractivity contribution in [3.63, 3.8) is 0 Å². The van der Waals surface area contributed by atoms with Gasteiger partial charge in [0.05, 0.1) is 16.8 Å². The van der Waals surface area contributed by atoms with Gasteiger partial charge in [-0.15, -0.1) is 0 Å². The highest BCUT2D eigenvalue weighted by Crippen LogP contribution is 2.32. The molecule has 6 heteroatoms. The Morgan fingerprint density at radius 2 is 1.79 bits per heavy atom. The van der Waals surface area contributed by atoms with Gasteiger partial charge in [-0.3, -0.25) is 9.78 Å². The summed E-state index contributed by atoms with van der Waals surface area (Å²) in [7, 11) is 0. The number of halogens is 1. The number of carbonyl (C=O) groups is 1. The van der Waals surface area contributed by atoms with Crippen molar-refractivity contribution in [3.8, 4) is 6.07 Å². The number of amides is 1. The number of benzene rings is 2. The van der Waals surface area contributed by atoms with Crippen LogP contribution in [0.3, 0.4) is 0 Å². The molecule has 146 valence electrons. The number of hydrogen-bond donors (Lipinski definition) is 0. The fraction of sp³-hybridized carbons (Fsp3) is 0.261. The van der Waals surface area contributed by atoms with Crippen molar-refractivity contribution in [2.75, 3.05) is 31.1 Å². The highest BCUT2D eigenvalue weighted by molar-refractivity contribution is 5.97. The molecule has 29 heavy (non-hydrogen) atoms. The van der Waals surface area contributed by atoms with Gasteiger partial charge in [0.1, 0.15) is 11.9 Å². The van der Waals surface area contributed by atoms with Crippen LogP contribution in [0.2, 0.25) is 0 Å². The van der Waals surface area contributed by atoms with Crippen molar-refractivity contribution in [3.05, 3.63) is 70.7 Å². The van der Waals surface area contributed by atoms with Crippen LogP contribution in [0.1, 0.15) is 27.0 Å². The molecule has 1 aromatic heterocycles. The first-order valence-electron chi connectivity index (χ1n) is 9.58. The van der Waals surface area contributed by atoms with Gasteiger partial charge in [-0.05, 0) is 49.7 Å². The molecule has 0 atom stereocenters. The van der Waals surface area contributed by atoms with Crippen LogP contribution in [0.15, 0.2) is 42.6 Å². The van der Waals surface area contributed by atoms with Gasteiger partial charge < -0.3 is 9.80 Å². The van der Waals surface area contributed by atoms with Crippen molar-refractivity contribution in [2.45, 2.75) is 13.8 Å². The molecule has 0 aliphatic carbocycles. The zero-order valence-electron chi connectivity index (χ0n) is 16.4. The van der Waals surface area contributed by atoms with Crippen LogP contribution in [0, 0.1) is 31.0 Å². The summed E-state index contributed by atoms with van der Waals surface area (Å²) in [6.45, 7) is 6.37. The Kier molecular flexibility index (Phi) is 4.89.